The van der Waals surface area contributed by atoms with Gasteiger partial charge in [0.1, 0.15) is 16.7 Å². The lowest BCUT2D eigenvalue weighted by Gasteiger charge is -1.96. The van der Waals surface area contributed by atoms with Crippen LogP contribution in [0.25, 0.3) is 22.6 Å². The Kier molecular flexibility index (Phi) is 4.22. The van der Waals surface area contributed by atoms with E-state index in [4.69, 9.17) is 9.15 Å². The van der Waals surface area contributed by atoms with Gasteiger partial charge in [0.2, 0.25) is 0 Å². The van der Waals surface area contributed by atoms with Gasteiger partial charge in [-0.15, -0.1) is 11.3 Å². The number of hydrogen-bond acceptors (Lipinski definition) is 6. The molecule has 0 fully saturated rings. The Morgan fingerprint density at radius 3 is 3.09 bits per heavy atom. The normalized spacial score (nSPS) is 11.4. The fraction of sp³-hybridized carbons (Fsp3) is 0.118. The second kappa shape index (κ2) is 6.46. The maximum atomic E-state index is 11.7. The number of allylic oxidation sites excluding steroid dienone is 1. The molecule has 0 amide bonds. The molecular weight excluding hydrogens is 312 g/mol. The lowest BCUT2D eigenvalue weighted by molar-refractivity contribution is 0.0520. The van der Waals surface area contributed by atoms with Gasteiger partial charge in [-0.1, -0.05) is 18.2 Å². The number of nitriles is 1. The number of thiazole rings is 1. The number of hydrogen-bond donors (Lipinski definition) is 0. The summed E-state index contributed by atoms with van der Waals surface area (Å²) in [4.78, 5) is 15.8. The molecule has 0 radical (unpaired) electrons. The van der Waals surface area contributed by atoms with E-state index in [9.17, 15) is 10.1 Å². The van der Waals surface area contributed by atoms with Crippen molar-refractivity contribution in [1.29, 1.82) is 5.26 Å². The molecule has 0 aliphatic rings. The Balaban J connectivity index is 1.97. The van der Waals surface area contributed by atoms with Crippen LogP contribution in [0.1, 0.15) is 28.0 Å². The third-order valence-corrected chi connectivity index (χ3v) is 4.03. The SMILES string of the molecule is CCOC(=O)c1csc(/C(C#N)=C/c2coc3ccccc23)n1. The minimum absolute atomic E-state index is 0.213. The van der Waals surface area contributed by atoms with Gasteiger partial charge in [0.15, 0.2) is 5.69 Å². The first-order chi connectivity index (χ1) is 11.2. The lowest BCUT2D eigenvalue weighted by atomic mass is 10.1. The Bertz CT molecular complexity index is 931. The quantitative estimate of drug-likeness (QED) is 0.533. The van der Waals surface area contributed by atoms with Gasteiger partial charge in [0, 0.05) is 16.3 Å². The van der Waals surface area contributed by atoms with Gasteiger partial charge in [-0.05, 0) is 19.1 Å². The molecule has 1 aromatic carbocycles. The lowest BCUT2D eigenvalue weighted by Crippen LogP contribution is -2.04. The molecular formula is C17H12N2O3S. The van der Waals surface area contributed by atoms with Crippen LogP contribution in [0.5, 0.6) is 0 Å². The highest BCUT2D eigenvalue weighted by molar-refractivity contribution is 7.11. The molecule has 0 aliphatic heterocycles. The number of rotatable bonds is 4. The van der Waals surface area contributed by atoms with Crippen molar-refractivity contribution in [3.63, 3.8) is 0 Å². The summed E-state index contributed by atoms with van der Waals surface area (Å²) in [6.07, 6.45) is 3.31. The zero-order chi connectivity index (χ0) is 16.2. The van der Waals surface area contributed by atoms with Crippen molar-refractivity contribution in [3.05, 3.63) is 52.2 Å². The topological polar surface area (TPSA) is 76.1 Å². The van der Waals surface area contributed by atoms with Crippen LogP contribution in [0.4, 0.5) is 0 Å². The largest absolute Gasteiger partial charge is 0.464 e. The number of benzene rings is 1. The number of ether oxygens (including phenoxy) is 1. The number of aromatic nitrogens is 1. The molecule has 0 unspecified atom stereocenters. The predicted octanol–water partition coefficient (Wildman–Crippen LogP) is 4.13. The molecule has 2 heterocycles. The monoisotopic (exact) mass is 324 g/mol. The summed E-state index contributed by atoms with van der Waals surface area (Å²) in [5.74, 6) is -0.485. The Morgan fingerprint density at radius 1 is 1.48 bits per heavy atom. The molecule has 23 heavy (non-hydrogen) atoms. The highest BCUT2D eigenvalue weighted by Gasteiger charge is 2.14. The van der Waals surface area contributed by atoms with Crippen LogP contribution >= 0.6 is 11.3 Å². The highest BCUT2D eigenvalue weighted by Crippen LogP contribution is 2.27. The van der Waals surface area contributed by atoms with E-state index in [-0.39, 0.29) is 12.3 Å². The van der Waals surface area contributed by atoms with Crippen LogP contribution in [-0.2, 0) is 4.74 Å². The molecule has 0 spiro atoms. The van der Waals surface area contributed by atoms with Crippen LogP contribution in [-0.4, -0.2) is 17.6 Å². The highest BCUT2D eigenvalue weighted by atomic mass is 32.1. The molecule has 0 aliphatic carbocycles. The summed E-state index contributed by atoms with van der Waals surface area (Å²) in [6, 6.07) is 9.70. The third kappa shape index (κ3) is 3.00. The summed E-state index contributed by atoms with van der Waals surface area (Å²) in [5.41, 5.74) is 2.13. The molecule has 0 saturated heterocycles. The van der Waals surface area contributed by atoms with Crippen molar-refractivity contribution < 1.29 is 13.9 Å². The Morgan fingerprint density at radius 2 is 2.30 bits per heavy atom. The second-order valence-corrected chi connectivity index (χ2v) is 5.47. The van der Waals surface area contributed by atoms with Crippen molar-refractivity contribution in [1.82, 2.24) is 4.98 Å². The van der Waals surface area contributed by atoms with Crippen LogP contribution in [0.2, 0.25) is 0 Å². The van der Waals surface area contributed by atoms with Gasteiger partial charge in [0.25, 0.3) is 0 Å². The average molecular weight is 324 g/mol. The number of esters is 1. The Hall–Kier alpha value is -2.91. The third-order valence-electron chi connectivity index (χ3n) is 3.15. The first-order valence-electron chi connectivity index (χ1n) is 6.94. The first-order valence-corrected chi connectivity index (χ1v) is 7.82. The van der Waals surface area contributed by atoms with Crippen LogP contribution < -0.4 is 0 Å². The number of furan rings is 1. The summed E-state index contributed by atoms with van der Waals surface area (Å²) < 4.78 is 10.4. The molecule has 3 rings (SSSR count). The maximum absolute atomic E-state index is 11.7. The Labute approximate surface area is 136 Å². The van der Waals surface area contributed by atoms with Crippen molar-refractivity contribution in [2.24, 2.45) is 0 Å². The van der Waals surface area contributed by atoms with E-state index in [1.807, 2.05) is 24.3 Å². The molecule has 114 valence electrons. The number of nitrogens with zero attached hydrogens (tertiary/aromatic N) is 2. The average Bonchev–Trinajstić information content (AvgIpc) is 3.20. The molecule has 0 N–H and O–H groups in total. The maximum Gasteiger partial charge on any atom is 0.357 e. The van der Waals surface area contributed by atoms with E-state index in [2.05, 4.69) is 11.1 Å². The molecule has 6 heteroatoms. The van der Waals surface area contributed by atoms with Gasteiger partial charge in [0.05, 0.1) is 18.4 Å². The molecule has 2 aromatic heterocycles. The van der Waals surface area contributed by atoms with Gasteiger partial charge in [-0.3, -0.25) is 0 Å². The van der Waals surface area contributed by atoms with Crippen LogP contribution in [0.3, 0.4) is 0 Å². The minimum atomic E-state index is -0.485. The number of carbonyl (C=O) groups is 1. The molecule has 3 aromatic rings. The number of para-hydroxylation sites is 1. The van der Waals surface area contributed by atoms with E-state index >= 15 is 0 Å². The zero-order valence-corrected chi connectivity index (χ0v) is 13.1. The van der Waals surface area contributed by atoms with Crippen molar-refractivity contribution in [3.8, 4) is 6.07 Å². The smallest absolute Gasteiger partial charge is 0.357 e. The van der Waals surface area contributed by atoms with Crippen molar-refractivity contribution in [2.75, 3.05) is 6.61 Å². The predicted molar refractivity (Wildman–Crippen MR) is 87.8 cm³/mol. The van der Waals surface area contributed by atoms with Crippen LogP contribution in [0.15, 0.2) is 40.3 Å². The van der Waals surface area contributed by atoms with Gasteiger partial charge in [-0.25, -0.2) is 9.78 Å². The van der Waals surface area contributed by atoms with Crippen molar-refractivity contribution >= 4 is 39.9 Å². The van der Waals surface area contributed by atoms with E-state index in [0.29, 0.717) is 10.6 Å². The van der Waals surface area contributed by atoms with Gasteiger partial charge < -0.3 is 9.15 Å². The molecule has 0 bridgehead atoms. The van der Waals surface area contributed by atoms with Crippen molar-refractivity contribution in [2.45, 2.75) is 6.92 Å². The summed E-state index contributed by atoms with van der Waals surface area (Å²) >= 11 is 1.23. The second-order valence-electron chi connectivity index (χ2n) is 4.62. The van der Waals surface area contributed by atoms with Crippen LogP contribution in [0, 0.1) is 11.3 Å². The summed E-state index contributed by atoms with van der Waals surface area (Å²) in [5, 5.41) is 12.4. The van der Waals surface area contributed by atoms with Gasteiger partial charge >= 0.3 is 5.97 Å². The number of fused-ring (bicyclic) bond motifs is 1. The van der Waals surface area contributed by atoms with E-state index in [0.717, 1.165) is 16.5 Å². The standard InChI is InChI=1S/C17H12N2O3S/c1-2-21-17(20)14-10-23-16(19-14)11(8-18)7-12-9-22-15-6-4-3-5-13(12)15/h3-7,9-10H,2H2,1H3/b11-7+. The van der Waals surface area contributed by atoms with E-state index < -0.39 is 5.97 Å². The number of carbonyl (C=O) groups excluding carboxylic acids is 1. The zero-order valence-electron chi connectivity index (χ0n) is 12.3. The van der Waals surface area contributed by atoms with E-state index in [1.165, 1.54) is 11.3 Å². The summed E-state index contributed by atoms with van der Waals surface area (Å²) in [7, 11) is 0. The molecule has 5 nitrogen and oxygen atoms in total. The summed E-state index contributed by atoms with van der Waals surface area (Å²) in [6.45, 7) is 2.02. The van der Waals surface area contributed by atoms with Gasteiger partial charge in [-0.2, -0.15) is 5.26 Å². The molecule has 0 saturated carbocycles. The minimum Gasteiger partial charge on any atom is -0.464 e. The fourth-order valence-corrected chi connectivity index (χ4v) is 2.86. The van der Waals surface area contributed by atoms with E-state index in [1.54, 1.807) is 24.6 Å². The fourth-order valence-electron chi connectivity index (χ4n) is 2.10. The first kappa shape index (κ1) is 15.0. The molecule has 0 atom stereocenters.